The molecule has 2 rings (SSSR count). The van der Waals surface area contributed by atoms with Crippen LogP contribution in [0.5, 0.6) is 0 Å². The Morgan fingerprint density at radius 3 is 1.96 bits per heavy atom. The molecular formula is C19H19NO3. The lowest BCUT2D eigenvalue weighted by atomic mass is 10.1. The molecule has 0 atom stereocenters. The SMILES string of the molecule is C=C(C(=O)NCc1ccccc1)c1ccccc1.C=CC(=O)O. The molecule has 0 aliphatic rings. The van der Waals surface area contributed by atoms with E-state index in [1.54, 1.807) is 0 Å². The molecular weight excluding hydrogens is 290 g/mol. The summed E-state index contributed by atoms with van der Waals surface area (Å²) in [7, 11) is 0. The number of hydrogen-bond donors (Lipinski definition) is 2. The van der Waals surface area contributed by atoms with Crippen LogP contribution in [0.25, 0.3) is 5.57 Å². The molecule has 118 valence electrons. The molecule has 0 unspecified atom stereocenters. The topological polar surface area (TPSA) is 66.4 Å². The van der Waals surface area contributed by atoms with Crippen LogP contribution in [-0.4, -0.2) is 17.0 Å². The first-order valence-electron chi connectivity index (χ1n) is 6.96. The molecule has 2 aromatic rings. The first-order valence-corrected chi connectivity index (χ1v) is 6.96. The standard InChI is InChI=1S/C16H15NO.C3H4O2/c1-13(15-10-6-3-7-11-15)16(18)17-12-14-8-4-2-5-9-14;1-2-3(4)5/h2-11H,1,12H2,(H,17,18);2H,1H2,(H,4,5). The maximum Gasteiger partial charge on any atom is 0.327 e. The zero-order valence-corrected chi connectivity index (χ0v) is 12.7. The highest BCUT2D eigenvalue weighted by atomic mass is 16.4. The third-order valence-electron chi connectivity index (χ3n) is 2.87. The second-order valence-electron chi connectivity index (χ2n) is 4.56. The minimum atomic E-state index is -0.981. The van der Waals surface area contributed by atoms with Gasteiger partial charge in [0.15, 0.2) is 0 Å². The normalized spacial score (nSPS) is 9.04. The van der Waals surface area contributed by atoms with Crippen LogP contribution in [0.3, 0.4) is 0 Å². The number of benzene rings is 2. The largest absolute Gasteiger partial charge is 0.478 e. The van der Waals surface area contributed by atoms with E-state index < -0.39 is 5.97 Å². The summed E-state index contributed by atoms with van der Waals surface area (Å²) >= 11 is 0. The van der Waals surface area contributed by atoms with Crippen LogP contribution in [0, 0.1) is 0 Å². The first kappa shape index (κ1) is 17.9. The van der Waals surface area contributed by atoms with Gasteiger partial charge in [0.25, 0.3) is 5.91 Å². The van der Waals surface area contributed by atoms with Gasteiger partial charge in [-0.25, -0.2) is 4.79 Å². The summed E-state index contributed by atoms with van der Waals surface area (Å²) in [6.07, 6.45) is 0.833. The molecule has 0 spiro atoms. The van der Waals surface area contributed by atoms with Crippen LogP contribution in [0.2, 0.25) is 0 Å². The van der Waals surface area contributed by atoms with Gasteiger partial charge in [-0.2, -0.15) is 0 Å². The minimum absolute atomic E-state index is 0.134. The van der Waals surface area contributed by atoms with E-state index in [0.29, 0.717) is 12.1 Å². The van der Waals surface area contributed by atoms with Crippen LogP contribution in [-0.2, 0) is 16.1 Å². The Hall–Kier alpha value is -3.14. The van der Waals surface area contributed by atoms with Gasteiger partial charge in [0, 0.05) is 18.2 Å². The predicted molar refractivity (Wildman–Crippen MR) is 91.6 cm³/mol. The molecule has 0 aromatic heterocycles. The van der Waals surface area contributed by atoms with E-state index in [1.807, 2.05) is 60.7 Å². The maximum absolute atomic E-state index is 11.9. The van der Waals surface area contributed by atoms with E-state index in [2.05, 4.69) is 18.5 Å². The number of nitrogens with one attached hydrogen (secondary N) is 1. The second-order valence-corrected chi connectivity index (χ2v) is 4.56. The fourth-order valence-corrected chi connectivity index (χ4v) is 1.66. The molecule has 0 radical (unpaired) electrons. The van der Waals surface area contributed by atoms with Crippen molar-refractivity contribution in [3.8, 4) is 0 Å². The lowest BCUT2D eigenvalue weighted by molar-refractivity contribution is -0.131. The Labute approximate surface area is 135 Å². The first-order chi connectivity index (χ1) is 11.0. The number of rotatable bonds is 5. The monoisotopic (exact) mass is 309 g/mol. The fourth-order valence-electron chi connectivity index (χ4n) is 1.66. The molecule has 1 amide bonds. The quantitative estimate of drug-likeness (QED) is 0.833. The van der Waals surface area contributed by atoms with Crippen LogP contribution in [0.1, 0.15) is 11.1 Å². The molecule has 0 fully saturated rings. The number of carbonyl (C=O) groups is 2. The molecule has 0 heterocycles. The van der Waals surface area contributed by atoms with Gasteiger partial charge in [-0.3, -0.25) is 4.79 Å². The summed E-state index contributed by atoms with van der Waals surface area (Å²) < 4.78 is 0. The van der Waals surface area contributed by atoms with Crippen LogP contribution in [0.15, 0.2) is 79.9 Å². The Morgan fingerprint density at radius 2 is 1.48 bits per heavy atom. The second kappa shape index (κ2) is 9.73. The van der Waals surface area contributed by atoms with Gasteiger partial charge >= 0.3 is 5.97 Å². The van der Waals surface area contributed by atoms with Crippen molar-refractivity contribution in [3.05, 3.63) is 91.0 Å². The van der Waals surface area contributed by atoms with Crippen molar-refractivity contribution in [1.29, 1.82) is 0 Å². The van der Waals surface area contributed by atoms with Crippen molar-refractivity contribution in [2.24, 2.45) is 0 Å². The zero-order valence-electron chi connectivity index (χ0n) is 12.7. The highest BCUT2D eigenvalue weighted by molar-refractivity contribution is 6.18. The number of carboxylic acid groups (broad SMARTS) is 1. The Bertz CT molecular complexity index is 664. The third-order valence-corrected chi connectivity index (χ3v) is 2.87. The Kier molecular flexibility index (Phi) is 7.58. The zero-order chi connectivity index (χ0) is 17.1. The lowest BCUT2D eigenvalue weighted by Crippen LogP contribution is -2.23. The van der Waals surface area contributed by atoms with Gasteiger partial charge in [-0.1, -0.05) is 73.8 Å². The van der Waals surface area contributed by atoms with Gasteiger partial charge in [0.1, 0.15) is 0 Å². The number of carbonyl (C=O) groups excluding carboxylic acids is 1. The van der Waals surface area contributed by atoms with Gasteiger partial charge < -0.3 is 10.4 Å². The van der Waals surface area contributed by atoms with E-state index in [-0.39, 0.29) is 5.91 Å². The van der Waals surface area contributed by atoms with Gasteiger partial charge in [-0.15, -0.1) is 0 Å². The third kappa shape index (κ3) is 6.91. The molecule has 0 saturated carbocycles. The molecule has 23 heavy (non-hydrogen) atoms. The van der Waals surface area contributed by atoms with Crippen LogP contribution < -0.4 is 5.32 Å². The van der Waals surface area contributed by atoms with E-state index in [0.717, 1.165) is 17.2 Å². The number of hydrogen-bond acceptors (Lipinski definition) is 2. The van der Waals surface area contributed by atoms with Crippen molar-refractivity contribution < 1.29 is 14.7 Å². The van der Waals surface area contributed by atoms with Crippen molar-refractivity contribution >= 4 is 17.4 Å². The summed E-state index contributed by atoms with van der Waals surface area (Å²) in [5, 5.41) is 10.5. The molecule has 4 nitrogen and oxygen atoms in total. The number of carboxylic acids is 1. The fraction of sp³-hybridized carbons (Fsp3) is 0.0526. The molecule has 2 N–H and O–H groups in total. The van der Waals surface area contributed by atoms with Gasteiger partial charge in [-0.05, 0) is 11.1 Å². The van der Waals surface area contributed by atoms with E-state index >= 15 is 0 Å². The van der Waals surface area contributed by atoms with Crippen molar-refractivity contribution in [1.82, 2.24) is 5.32 Å². The van der Waals surface area contributed by atoms with Crippen molar-refractivity contribution in [2.45, 2.75) is 6.54 Å². The summed E-state index contributed by atoms with van der Waals surface area (Å²) in [6.45, 7) is 7.31. The van der Waals surface area contributed by atoms with Crippen molar-refractivity contribution in [3.63, 3.8) is 0 Å². The molecule has 2 aromatic carbocycles. The number of amides is 1. The molecule has 4 heteroatoms. The molecule has 0 aliphatic carbocycles. The minimum Gasteiger partial charge on any atom is -0.478 e. The molecule has 0 saturated heterocycles. The smallest absolute Gasteiger partial charge is 0.327 e. The van der Waals surface area contributed by atoms with Crippen molar-refractivity contribution in [2.75, 3.05) is 0 Å². The van der Waals surface area contributed by atoms with Crippen LogP contribution >= 0.6 is 0 Å². The van der Waals surface area contributed by atoms with E-state index in [4.69, 9.17) is 5.11 Å². The summed E-state index contributed by atoms with van der Waals surface area (Å²) in [4.78, 5) is 21.2. The number of aliphatic carboxylic acids is 1. The van der Waals surface area contributed by atoms with E-state index in [9.17, 15) is 9.59 Å². The molecule has 0 aliphatic heterocycles. The Morgan fingerprint density at radius 1 is 1.00 bits per heavy atom. The average molecular weight is 309 g/mol. The predicted octanol–water partition coefficient (Wildman–Crippen LogP) is 3.27. The lowest BCUT2D eigenvalue weighted by Gasteiger charge is -2.07. The maximum atomic E-state index is 11.9. The summed E-state index contributed by atoms with van der Waals surface area (Å²) in [6, 6.07) is 19.3. The van der Waals surface area contributed by atoms with Gasteiger partial charge in [0.05, 0.1) is 0 Å². The van der Waals surface area contributed by atoms with Gasteiger partial charge in [0.2, 0.25) is 0 Å². The highest BCUT2D eigenvalue weighted by Crippen LogP contribution is 2.11. The van der Waals surface area contributed by atoms with E-state index in [1.165, 1.54) is 0 Å². The summed E-state index contributed by atoms with van der Waals surface area (Å²) in [5.41, 5.74) is 2.42. The summed E-state index contributed by atoms with van der Waals surface area (Å²) in [5.74, 6) is -1.12. The average Bonchev–Trinajstić information content (AvgIpc) is 2.61. The Balaban J connectivity index is 0.000000463. The highest BCUT2D eigenvalue weighted by Gasteiger charge is 2.08. The molecule has 0 bridgehead atoms. The van der Waals surface area contributed by atoms with Crippen LogP contribution in [0.4, 0.5) is 0 Å².